The number of aromatic nitrogens is 3. The summed E-state index contributed by atoms with van der Waals surface area (Å²) in [5.74, 6) is -0.615. The second-order valence-electron chi connectivity index (χ2n) is 4.43. The summed E-state index contributed by atoms with van der Waals surface area (Å²) in [5, 5.41) is 17.1. The fraction of sp³-hybridized carbons (Fsp3) is 0.0667. The molecule has 0 fully saturated rings. The Labute approximate surface area is 120 Å². The van der Waals surface area contributed by atoms with Gasteiger partial charge >= 0.3 is 5.97 Å². The van der Waals surface area contributed by atoms with Crippen LogP contribution < -0.4 is 0 Å². The van der Waals surface area contributed by atoms with Gasteiger partial charge in [0, 0.05) is 6.20 Å². The third-order valence-electron chi connectivity index (χ3n) is 3.02. The molecule has 3 aromatic rings. The first-order chi connectivity index (χ1) is 10.2. The van der Waals surface area contributed by atoms with Crippen molar-refractivity contribution < 1.29 is 14.3 Å². The molecule has 21 heavy (non-hydrogen) atoms. The predicted octanol–water partition coefficient (Wildman–Crippen LogP) is 2.81. The zero-order valence-electron chi connectivity index (χ0n) is 11.1. The minimum atomic E-state index is -1.04. The molecule has 104 valence electrons. The molecule has 0 amide bonds. The highest BCUT2D eigenvalue weighted by Gasteiger charge is 2.18. The van der Waals surface area contributed by atoms with E-state index in [1.54, 1.807) is 24.4 Å². The van der Waals surface area contributed by atoms with Gasteiger partial charge in [-0.05, 0) is 30.7 Å². The van der Waals surface area contributed by atoms with Crippen molar-refractivity contribution in [2.75, 3.05) is 0 Å². The molecule has 0 aliphatic rings. The van der Waals surface area contributed by atoms with Crippen LogP contribution in [0, 0.1) is 6.92 Å². The number of carboxylic acids is 1. The fourth-order valence-electron chi connectivity index (χ4n) is 1.99. The average molecular weight is 281 g/mol. The number of aromatic carboxylic acids is 1. The monoisotopic (exact) mass is 281 g/mol. The largest absolute Gasteiger partial charge is 0.478 e. The Morgan fingerprint density at radius 3 is 2.62 bits per heavy atom. The van der Waals surface area contributed by atoms with Crippen LogP contribution in [0.1, 0.15) is 15.9 Å². The number of rotatable bonds is 3. The van der Waals surface area contributed by atoms with Gasteiger partial charge in [-0.2, -0.15) is 0 Å². The number of pyridine rings is 1. The lowest BCUT2D eigenvalue weighted by atomic mass is 10.1. The number of carbonyl (C=O) groups is 1. The average Bonchev–Trinajstić information content (AvgIpc) is 2.97. The molecule has 0 saturated heterocycles. The van der Waals surface area contributed by atoms with Crippen LogP contribution in [0.4, 0.5) is 0 Å². The predicted molar refractivity (Wildman–Crippen MR) is 74.7 cm³/mol. The van der Waals surface area contributed by atoms with Gasteiger partial charge in [0.05, 0.1) is 11.1 Å². The minimum Gasteiger partial charge on any atom is -0.478 e. The maximum Gasteiger partial charge on any atom is 0.336 e. The quantitative estimate of drug-likeness (QED) is 0.794. The second-order valence-corrected chi connectivity index (χ2v) is 4.43. The van der Waals surface area contributed by atoms with Crippen molar-refractivity contribution in [1.29, 1.82) is 0 Å². The standard InChI is InChI=1S/C15H11N3O3/c1-9-5-4-8-16-12(9)14-18-17-13(21-14)10-6-2-3-7-11(10)15(19)20/h2-8H,1H3,(H,19,20). The van der Waals surface area contributed by atoms with Gasteiger partial charge < -0.3 is 9.52 Å². The summed E-state index contributed by atoms with van der Waals surface area (Å²) in [5.41, 5.74) is 1.99. The summed E-state index contributed by atoms with van der Waals surface area (Å²) < 4.78 is 5.58. The van der Waals surface area contributed by atoms with Crippen LogP contribution in [0.2, 0.25) is 0 Å². The Morgan fingerprint density at radius 1 is 1.10 bits per heavy atom. The first-order valence-electron chi connectivity index (χ1n) is 6.25. The number of hydrogen-bond acceptors (Lipinski definition) is 5. The van der Waals surface area contributed by atoms with Gasteiger partial charge in [0.2, 0.25) is 5.89 Å². The molecular formula is C15H11N3O3. The number of carboxylic acid groups (broad SMARTS) is 1. The lowest BCUT2D eigenvalue weighted by Gasteiger charge is -2.00. The minimum absolute atomic E-state index is 0.116. The molecule has 0 aliphatic heterocycles. The van der Waals surface area contributed by atoms with Crippen molar-refractivity contribution in [3.05, 3.63) is 53.7 Å². The fourth-order valence-corrected chi connectivity index (χ4v) is 1.99. The Hall–Kier alpha value is -3.02. The summed E-state index contributed by atoms with van der Waals surface area (Å²) in [7, 11) is 0. The van der Waals surface area contributed by atoms with E-state index >= 15 is 0 Å². The van der Waals surface area contributed by atoms with E-state index in [-0.39, 0.29) is 17.3 Å². The van der Waals surface area contributed by atoms with Gasteiger partial charge in [0.25, 0.3) is 5.89 Å². The number of hydrogen-bond donors (Lipinski definition) is 1. The first kappa shape index (κ1) is 13.0. The molecule has 6 heteroatoms. The van der Waals surface area contributed by atoms with Crippen LogP contribution in [0.25, 0.3) is 23.0 Å². The van der Waals surface area contributed by atoms with E-state index < -0.39 is 5.97 Å². The van der Waals surface area contributed by atoms with E-state index in [4.69, 9.17) is 4.42 Å². The van der Waals surface area contributed by atoms with Crippen molar-refractivity contribution in [2.45, 2.75) is 6.92 Å². The van der Waals surface area contributed by atoms with Gasteiger partial charge in [0.1, 0.15) is 5.69 Å². The van der Waals surface area contributed by atoms with Gasteiger partial charge in [-0.25, -0.2) is 4.79 Å². The molecular weight excluding hydrogens is 270 g/mol. The van der Waals surface area contributed by atoms with Gasteiger partial charge in [-0.1, -0.05) is 18.2 Å². The van der Waals surface area contributed by atoms with Crippen molar-refractivity contribution in [2.24, 2.45) is 0 Å². The molecule has 0 saturated carbocycles. The Morgan fingerprint density at radius 2 is 1.86 bits per heavy atom. The van der Waals surface area contributed by atoms with Crippen molar-refractivity contribution in [1.82, 2.24) is 15.2 Å². The molecule has 0 unspecified atom stereocenters. The molecule has 2 aromatic heterocycles. The van der Waals surface area contributed by atoms with Gasteiger partial charge in [0.15, 0.2) is 0 Å². The first-order valence-corrected chi connectivity index (χ1v) is 6.25. The number of benzene rings is 1. The molecule has 1 aromatic carbocycles. The van der Waals surface area contributed by atoms with E-state index in [1.807, 2.05) is 19.1 Å². The topological polar surface area (TPSA) is 89.1 Å². The van der Waals surface area contributed by atoms with E-state index in [9.17, 15) is 9.90 Å². The Kier molecular flexibility index (Phi) is 3.19. The lowest BCUT2D eigenvalue weighted by molar-refractivity contribution is 0.0697. The summed E-state index contributed by atoms with van der Waals surface area (Å²) in [4.78, 5) is 15.4. The molecule has 1 N–H and O–H groups in total. The highest BCUT2D eigenvalue weighted by atomic mass is 16.4. The smallest absolute Gasteiger partial charge is 0.336 e. The second kappa shape index (κ2) is 5.16. The molecule has 6 nitrogen and oxygen atoms in total. The number of nitrogens with zero attached hydrogens (tertiary/aromatic N) is 3. The summed E-state index contributed by atoms with van der Waals surface area (Å²) in [6.07, 6.45) is 1.64. The van der Waals surface area contributed by atoms with E-state index in [0.29, 0.717) is 11.3 Å². The van der Waals surface area contributed by atoms with Crippen molar-refractivity contribution >= 4 is 5.97 Å². The van der Waals surface area contributed by atoms with Crippen molar-refractivity contribution in [3.63, 3.8) is 0 Å². The SMILES string of the molecule is Cc1cccnc1-c1nnc(-c2ccccc2C(=O)O)o1. The Bertz CT molecular complexity index is 811. The van der Waals surface area contributed by atoms with Crippen LogP contribution >= 0.6 is 0 Å². The lowest BCUT2D eigenvalue weighted by Crippen LogP contribution is -1.99. The molecule has 0 bridgehead atoms. The van der Waals surface area contributed by atoms with Crippen LogP contribution in [-0.2, 0) is 0 Å². The van der Waals surface area contributed by atoms with Gasteiger partial charge in [-0.15, -0.1) is 10.2 Å². The third kappa shape index (κ3) is 2.38. The highest BCUT2D eigenvalue weighted by Crippen LogP contribution is 2.26. The molecule has 2 heterocycles. The Balaban J connectivity index is 2.08. The summed E-state index contributed by atoms with van der Waals surface area (Å²) >= 11 is 0. The molecule has 0 radical (unpaired) electrons. The molecule has 0 aliphatic carbocycles. The molecule has 3 rings (SSSR count). The van der Waals surface area contributed by atoms with Gasteiger partial charge in [-0.3, -0.25) is 4.98 Å². The van der Waals surface area contributed by atoms with Crippen molar-refractivity contribution in [3.8, 4) is 23.0 Å². The summed E-state index contributed by atoms with van der Waals surface area (Å²) in [6.45, 7) is 1.89. The van der Waals surface area contributed by atoms with E-state index in [1.165, 1.54) is 6.07 Å². The summed E-state index contributed by atoms with van der Waals surface area (Å²) in [6, 6.07) is 10.2. The van der Waals surface area contributed by atoms with Crippen LogP contribution in [0.5, 0.6) is 0 Å². The zero-order chi connectivity index (χ0) is 14.8. The highest BCUT2D eigenvalue weighted by molar-refractivity contribution is 5.94. The molecule has 0 atom stereocenters. The number of aryl methyl sites for hydroxylation is 1. The maximum absolute atomic E-state index is 11.2. The van der Waals surface area contributed by atoms with Crippen LogP contribution in [-0.4, -0.2) is 26.3 Å². The normalized spacial score (nSPS) is 10.5. The third-order valence-corrected chi connectivity index (χ3v) is 3.02. The van der Waals surface area contributed by atoms with Crippen LogP contribution in [0.3, 0.4) is 0 Å². The van der Waals surface area contributed by atoms with E-state index in [0.717, 1.165) is 5.56 Å². The maximum atomic E-state index is 11.2. The van der Waals surface area contributed by atoms with E-state index in [2.05, 4.69) is 15.2 Å². The van der Waals surface area contributed by atoms with Crippen LogP contribution in [0.15, 0.2) is 47.0 Å². The zero-order valence-corrected chi connectivity index (χ0v) is 11.1. The molecule has 0 spiro atoms.